The highest BCUT2D eigenvalue weighted by Crippen LogP contribution is 2.32. The van der Waals surface area contributed by atoms with Gasteiger partial charge >= 0.3 is 0 Å². The van der Waals surface area contributed by atoms with Gasteiger partial charge in [0, 0.05) is 18.2 Å². The maximum atomic E-state index is 12.2. The van der Waals surface area contributed by atoms with Gasteiger partial charge in [0.25, 0.3) is 0 Å². The Balaban J connectivity index is 1.47. The van der Waals surface area contributed by atoms with Crippen LogP contribution < -0.4 is 10.1 Å². The molecule has 120 valence electrons. The maximum Gasteiger partial charge on any atom is 0.224 e. The molecule has 2 fully saturated rings. The van der Waals surface area contributed by atoms with Gasteiger partial charge in [-0.05, 0) is 62.9 Å². The number of hydrogen-bond donors (Lipinski definition) is 1. The SMILES string of the molecule is COc1ccc(NC(=O)CC2CCN(C3CC3)CC2)cc1Cl. The lowest BCUT2D eigenvalue weighted by atomic mass is 9.93. The zero-order valence-corrected chi connectivity index (χ0v) is 13.7. The number of rotatable bonds is 5. The minimum Gasteiger partial charge on any atom is -0.495 e. The van der Waals surface area contributed by atoms with Crippen molar-refractivity contribution in [2.24, 2.45) is 5.92 Å². The molecule has 22 heavy (non-hydrogen) atoms. The summed E-state index contributed by atoms with van der Waals surface area (Å²) in [5.74, 6) is 1.20. The highest BCUT2D eigenvalue weighted by atomic mass is 35.5. The van der Waals surface area contributed by atoms with Crippen molar-refractivity contribution < 1.29 is 9.53 Å². The second-order valence-corrected chi connectivity index (χ2v) is 6.72. The number of benzene rings is 1. The normalized spacial score (nSPS) is 19.9. The Morgan fingerprint density at radius 3 is 2.64 bits per heavy atom. The molecule has 1 saturated carbocycles. The molecule has 2 aliphatic rings. The minimum absolute atomic E-state index is 0.0751. The molecule has 3 rings (SSSR count). The Labute approximate surface area is 136 Å². The van der Waals surface area contributed by atoms with Crippen LogP contribution in [0.4, 0.5) is 5.69 Å². The van der Waals surface area contributed by atoms with Gasteiger partial charge < -0.3 is 15.0 Å². The van der Waals surface area contributed by atoms with E-state index < -0.39 is 0 Å². The number of nitrogens with zero attached hydrogens (tertiary/aromatic N) is 1. The predicted molar refractivity (Wildman–Crippen MR) is 88.6 cm³/mol. The van der Waals surface area contributed by atoms with Gasteiger partial charge in [-0.25, -0.2) is 0 Å². The van der Waals surface area contributed by atoms with Gasteiger partial charge in [-0.2, -0.15) is 0 Å². The Hall–Kier alpha value is -1.26. The Morgan fingerprint density at radius 2 is 2.05 bits per heavy atom. The summed E-state index contributed by atoms with van der Waals surface area (Å²) in [5.41, 5.74) is 0.728. The van der Waals surface area contributed by atoms with Crippen LogP contribution in [0.1, 0.15) is 32.1 Å². The first-order chi connectivity index (χ1) is 10.7. The van der Waals surface area contributed by atoms with E-state index >= 15 is 0 Å². The number of hydrogen-bond acceptors (Lipinski definition) is 3. The van der Waals surface area contributed by atoms with Crippen molar-refractivity contribution in [3.63, 3.8) is 0 Å². The summed E-state index contributed by atoms with van der Waals surface area (Å²) >= 11 is 6.07. The monoisotopic (exact) mass is 322 g/mol. The predicted octanol–water partition coefficient (Wildman–Crippen LogP) is 3.55. The molecule has 1 aliphatic heterocycles. The summed E-state index contributed by atoms with van der Waals surface area (Å²) < 4.78 is 5.11. The molecule has 0 aromatic heterocycles. The number of piperidine rings is 1. The Bertz CT molecular complexity index is 537. The maximum absolute atomic E-state index is 12.2. The first kappa shape index (κ1) is 15.6. The third-order valence-electron chi connectivity index (χ3n) is 4.62. The van der Waals surface area contributed by atoms with E-state index in [1.54, 1.807) is 19.2 Å². The van der Waals surface area contributed by atoms with Crippen molar-refractivity contribution in [3.05, 3.63) is 23.2 Å². The molecular weight excluding hydrogens is 300 g/mol. The average molecular weight is 323 g/mol. The van der Waals surface area contributed by atoms with Gasteiger partial charge in [-0.15, -0.1) is 0 Å². The fourth-order valence-electron chi connectivity index (χ4n) is 3.18. The van der Waals surface area contributed by atoms with Gasteiger partial charge in [0.1, 0.15) is 5.75 Å². The van der Waals surface area contributed by atoms with Crippen LogP contribution in [0.3, 0.4) is 0 Å². The molecule has 0 unspecified atom stereocenters. The zero-order chi connectivity index (χ0) is 15.5. The second kappa shape index (κ2) is 6.88. The fourth-order valence-corrected chi connectivity index (χ4v) is 3.44. The summed E-state index contributed by atoms with van der Waals surface area (Å²) in [6.45, 7) is 2.30. The van der Waals surface area contributed by atoms with E-state index in [0.717, 1.165) is 37.7 Å². The lowest BCUT2D eigenvalue weighted by Crippen LogP contribution is -2.36. The summed E-state index contributed by atoms with van der Waals surface area (Å²) in [6, 6.07) is 6.16. The van der Waals surface area contributed by atoms with Gasteiger partial charge in [-0.1, -0.05) is 11.6 Å². The molecule has 1 N–H and O–H groups in total. The van der Waals surface area contributed by atoms with Crippen molar-refractivity contribution >= 4 is 23.2 Å². The summed E-state index contributed by atoms with van der Waals surface area (Å²) in [6.07, 6.45) is 5.59. The minimum atomic E-state index is 0.0751. The number of nitrogens with one attached hydrogen (secondary N) is 1. The van der Waals surface area contributed by atoms with Gasteiger partial charge in [0.15, 0.2) is 0 Å². The molecule has 0 atom stereocenters. The molecule has 4 nitrogen and oxygen atoms in total. The molecule has 1 saturated heterocycles. The molecule has 1 heterocycles. The second-order valence-electron chi connectivity index (χ2n) is 6.31. The topological polar surface area (TPSA) is 41.6 Å². The molecular formula is C17H23ClN2O2. The molecule has 1 aromatic rings. The smallest absolute Gasteiger partial charge is 0.224 e. The third kappa shape index (κ3) is 3.93. The van der Waals surface area contributed by atoms with E-state index in [0.29, 0.717) is 23.1 Å². The van der Waals surface area contributed by atoms with Crippen LogP contribution in [0.5, 0.6) is 5.75 Å². The number of methoxy groups -OCH3 is 1. The lowest BCUT2D eigenvalue weighted by Gasteiger charge is -2.31. The van der Waals surface area contributed by atoms with Crippen molar-refractivity contribution in [3.8, 4) is 5.75 Å². The van der Waals surface area contributed by atoms with Crippen LogP contribution in [0.15, 0.2) is 18.2 Å². The van der Waals surface area contributed by atoms with E-state index in [9.17, 15) is 4.79 Å². The number of likely N-dealkylation sites (tertiary alicyclic amines) is 1. The Kier molecular flexibility index (Phi) is 4.89. The summed E-state index contributed by atoms with van der Waals surface area (Å²) in [5, 5.41) is 3.45. The van der Waals surface area contributed by atoms with E-state index in [4.69, 9.17) is 16.3 Å². The van der Waals surface area contributed by atoms with Crippen molar-refractivity contribution in [1.29, 1.82) is 0 Å². The number of ether oxygens (including phenoxy) is 1. The van der Waals surface area contributed by atoms with E-state index in [-0.39, 0.29) is 5.91 Å². The molecule has 1 aromatic carbocycles. The Morgan fingerprint density at radius 1 is 1.32 bits per heavy atom. The average Bonchev–Trinajstić information content (AvgIpc) is 3.33. The molecule has 0 spiro atoms. The first-order valence-electron chi connectivity index (χ1n) is 8.03. The third-order valence-corrected chi connectivity index (χ3v) is 4.92. The summed E-state index contributed by atoms with van der Waals surface area (Å²) in [7, 11) is 1.58. The largest absolute Gasteiger partial charge is 0.495 e. The highest BCUT2D eigenvalue weighted by molar-refractivity contribution is 6.32. The molecule has 1 amide bonds. The summed E-state index contributed by atoms with van der Waals surface area (Å²) in [4.78, 5) is 14.8. The van der Waals surface area contributed by atoms with Crippen LogP contribution in [-0.4, -0.2) is 37.0 Å². The number of anilines is 1. The van der Waals surface area contributed by atoms with Gasteiger partial charge in [0.2, 0.25) is 5.91 Å². The van der Waals surface area contributed by atoms with Crippen LogP contribution in [0, 0.1) is 5.92 Å². The standard InChI is InChI=1S/C17H23ClN2O2/c1-22-16-5-2-13(11-15(16)18)19-17(21)10-12-6-8-20(9-7-12)14-3-4-14/h2,5,11-12,14H,3-4,6-10H2,1H3,(H,19,21). The van der Waals surface area contributed by atoms with E-state index in [1.807, 2.05) is 6.07 Å². The van der Waals surface area contributed by atoms with Crippen LogP contribution >= 0.6 is 11.6 Å². The molecule has 1 aliphatic carbocycles. The number of carbonyl (C=O) groups is 1. The van der Waals surface area contributed by atoms with Crippen molar-refractivity contribution in [2.45, 2.75) is 38.1 Å². The van der Waals surface area contributed by atoms with Crippen LogP contribution in [0.25, 0.3) is 0 Å². The molecule has 0 radical (unpaired) electrons. The number of carbonyl (C=O) groups excluding carboxylic acids is 1. The van der Waals surface area contributed by atoms with Gasteiger partial charge in [0.05, 0.1) is 12.1 Å². The number of halogens is 1. The quantitative estimate of drug-likeness (QED) is 0.901. The first-order valence-corrected chi connectivity index (χ1v) is 8.41. The van der Waals surface area contributed by atoms with Crippen molar-refractivity contribution in [2.75, 3.05) is 25.5 Å². The van der Waals surface area contributed by atoms with Gasteiger partial charge in [-0.3, -0.25) is 4.79 Å². The van der Waals surface area contributed by atoms with E-state index in [2.05, 4.69) is 10.2 Å². The van der Waals surface area contributed by atoms with Crippen LogP contribution in [-0.2, 0) is 4.79 Å². The zero-order valence-electron chi connectivity index (χ0n) is 13.0. The number of amides is 1. The van der Waals surface area contributed by atoms with Crippen molar-refractivity contribution in [1.82, 2.24) is 4.90 Å². The highest BCUT2D eigenvalue weighted by Gasteiger charge is 2.32. The van der Waals surface area contributed by atoms with E-state index in [1.165, 1.54) is 12.8 Å². The van der Waals surface area contributed by atoms with Crippen LogP contribution in [0.2, 0.25) is 5.02 Å². The molecule has 0 bridgehead atoms. The fraction of sp³-hybridized carbons (Fsp3) is 0.588. The molecule has 5 heteroatoms. The lowest BCUT2D eigenvalue weighted by molar-refractivity contribution is -0.117.